The number of nitro benzene ring substituents is 1. The minimum absolute atomic E-state index is 0.149. The van der Waals surface area contributed by atoms with Crippen molar-refractivity contribution in [2.75, 3.05) is 5.32 Å². The molecule has 1 aromatic heterocycles. The lowest BCUT2D eigenvalue weighted by molar-refractivity contribution is -0.384. The van der Waals surface area contributed by atoms with Crippen LogP contribution >= 0.6 is 0 Å². The third-order valence-electron chi connectivity index (χ3n) is 2.74. The van der Waals surface area contributed by atoms with E-state index < -0.39 is 16.5 Å². The highest BCUT2D eigenvalue weighted by Gasteiger charge is 2.21. The van der Waals surface area contributed by atoms with Gasteiger partial charge in [-0.15, -0.1) is 0 Å². The number of hydrogen-bond acceptors (Lipinski definition) is 7. The number of hydrogen-bond donors (Lipinski definition) is 1. The number of rotatable bonds is 5. The monoisotopic (exact) mass is 319 g/mol. The molecule has 0 unspecified atom stereocenters. The zero-order valence-electron chi connectivity index (χ0n) is 13.0. The molecule has 0 radical (unpaired) electrons. The van der Waals surface area contributed by atoms with E-state index in [2.05, 4.69) is 10.3 Å². The standard InChI is InChI=1S/C15H17N3O5/c1-15(2,3)23-14(19)10-4-5-12(18(20)21)11(8-10)17-9-13-16-6-7-22-13/h4-8,17H,9H2,1-3H3. The average molecular weight is 319 g/mol. The van der Waals surface area contributed by atoms with E-state index in [1.807, 2.05) is 0 Å². The summed E-state index contributed by atoms with van der Waals surface area (Å²) in [4.78, 5) is 26.6. The molecule has 0 spiro atoms. The van der Waals surface area contributed by atoms with Crippen molar-refractivity contribution in [2.24, 2.45) is 0 Å². The SMILES string of the molecule is CC(C)(C)OC(=O)c1ccc([N+](=O)[O-])c(NCc2ncco2)c1. The Hall–Kier alpha value is -2.90. The number of oxazole rings is 1. The minimum atomic E-state index is -0.648. The summed E-state index contributed by atoms with van der Waals surface area (Å²) in [5.41, 5.74) is -0.384. The van der Waals surface area contributed by atoms with Gasteiger partial charge in [-0.2, -0.15) is 0 Å². The second-order valence-corrected chi connectivity index (χ2v) is 5.77. The van der Waals surface area contributed by atoms with E-state index in [0.717, 1.165) is 0 Å². The van der Waals surface area contributed by atoms with Gasteiger partial charge in [0.25, 0.3) is 5.69 Å². The molecule has 0 fully saturated rings. The Morgan fingerprint density at radius 1 is 1.43 bits per heavy atom. The van der Waals surface area contributed by atoms with E-state index in [1.54, 1.807) is 20.8 Å². The Kier molecular flexibility index (Phi) is 4.63. The summed E-state index contributed by atoms with van der Waals surface area (Å²) < 4.78 is 10.3. The van der Waals surface area contributed by atoms with Gasteiger partial charge in [0, 0.05) is 6.07 Å². The number of ether oxygens (including phenoxy) is 1. The molecule has 8 nitrogen and oxygen atoms in total. The quantitative estimate of drug-likeness (QED) is 0.512. The zero-order valence-corrected chi connectivity index (χ0v) is 13.0. The van der Waals surface area contributed by atoms with Crippen LogP contribution in [-0.4, -0.2) is 21.5 Å². The van der Waals surface area contributed by atoms with Gasteiger partial charge in [0.2, 0.25) is 5.89 Å². The fourth-order valence-corrected chi connectivity index (χ4v) is 1.81. The van der Waals surface area contributed by atoms with Crippen LogP contribution in [0.1, 0.15) is 37.0 Å². The van der Waals surface area contributed by atoms with E-state index in [0.29, 0.717) is 5.89 Å². The van der Waals surface area contributed by atoms with Crippen LogP contribution in [0.2, 0.25) is 0 Å². The van der Waals surface area contributed by atoms with E-state index in [-0.39, 0.29) is 23.5 Å². The summed E-state index contributed by atoms with van der Waals surface area (Å²) >= 11 is 0. The first-order chi connectivity index (χ1) is 10.8. The van der Waals surface area contributed by atoms with Crippen LogP contribution in [0.5, 0.6) is 0 Å². The van der Waals surface area contributed by atoms with Gasteiger partial charge < -0.3 is 14.5 Å². The maximum atomic E-state index is 12.1. The summed E-state index contributed by atoms with van der Waals surface area (Å²) in [6.45, 7) is 5.40. The molecule has 2 aromatic rings. The molecule has 0 bridgehead atoms. The van der Waals surface area contributed by atoms with Crippen molar-refractivity contribution in [3.8, 4) is 0 Å². The summed E-state index contributed by atoms with van der Waals surface area (Å²) in [5.74, 6) is -0.173. The van der Waals surface area contributed by atoms with Gasteiger partial charge in [-0.1, -0.05) is 0 Å². The maximum Gasteiger partial charge on any atom is 0.338 e. The summed E-state index contributed by atoms with van der Waals surface area (Å²) in [6, 6.07) is 4.01. The number of nitrogens with one attached hydrogen (secondary N) is 1. The van der Waals surface area contributed by atoms with Crippen LogP contribution in [0.3, 0.4) is 0 Å². The summed E-state index contributed by atoms with van der Waals surface area (Å²) in [6.07, 6.45) is 2.88. The molecule has 122 valence electrons. The smallest absolute Gasteiger partial charge is 0.338 e. The Bertz CT molecular complexity index is 704. The number of nitrogens with zero attached hydrogens (tertiary/aromatic N) is 2. The van der Waals surface area contributed by atoms with E-state index in [9.17, 15) is 14.9 Å². The number of aromatic nitrogens is 1. The molecular formula is C15H17N3O5. The first-order valence-corrected chi connectivity index (χ1v) is 6.90. The first kappa shape index (κ1) is 16.5. The molecule has 1 aromatic carbocycles. The van der Waals surface area contributed by atoms with Crippen molar-refractivity contribution in [3.05, 3.63) is 52.2 Å². The Morgan fingerprint density at radius 3 is 2.74 bits per heavy atom. The van der Waals surface area contributed by atoms with Crippen LogP contribution in [-0.2, 0) is 11.3 Å². The molecule has 0 saturated heterocycles. The first-order valence-electron chi connectivity index (χ1n) is 6.90. The van der Waals surface area contributed by atoms with Gasteiger partial charge in [0.05, 0.1) is 23.2 Å². The highest BCUT2D eigenvalue weighted by molar-refractivity contribution is 5.91. The molecule has 0 amide bonds. The van der Waals surface area contributed by atoms with Gasteiger partial charge in [0.15, 0.2) is 0 Å². The van der Waals surface area contributed by atoms with E-state index in [4.69, 9.17) is 9.15 Å². The molecule has 0 aliphatic heterocycles. The minimum Gasteiger partial charge on any atom is -0.456 e. The van der Waals surface area contributed by atoms with Crippen molar-refractivity contribution in [1.29, 1.82) is 0 Å². The number of nitro groups is 1. The fourth-order valence-electron chi connectivity index (χ4n) is 1.81. The van der Waals surface area contributed by atoms with Crippen LogP contribution in [0.25, 0.3) is 0 Å². The molecule has 0 saturated carbocycles. The number of esters is 1. The lowest BCUT2D eigenvalue weighted by Crippen LogP contribution is -2.24. The second-order valence-electron chi connectivity index (χ2n) is 5.77. The van der Waals surface area contributed by atoms with E-state index in [1.165, 1.54) is 30.7 Å². The van der Waals surface area contributed by atoms with Gasteiger partial charge in [-0.25, -0.2) is 9.78 Å². The van der Waals surface area contributed by atoms with Gasteiger partial charge >= 0.3 is 5.97 Å². The number of anilines is 1. The largest absolute Gasteiger partial charge is 0.456 e. The van der Waals surface area contributed by atoms with Crippen molar-refractivity contribution in [1.82, 2.24) is 4.98 Å². The Morgan fingerprint density at radius 2 is 2.17 bits per heavy atom. The number of benzene rings is 1. The molecule has 1 heterocycles. The molecule has 0 atom stereocenters. The van der Waals surface area contributed by atoms with Gasteiger partial charge in [-0.3, -0.25) is 10.1 Å². The molecule has 2 rings (SSSR count). The lowest BCUT2D eigenvalue weighted by Gasteiger charge is -2.19. The molecule has 23 heavy (non-hydrogen) atoms. The molecule has 8 heteroatoms. The van der Waals surface area contributed by atoms with Crippen LogP contribution in [0.15, 0.2) is 35.1 Å². The molecular weight excluding hydrogens is 302 g/mol. The fraction of sp³-hybridized carbons (Fsp3) is 0.333. The zero-order chi connectivity index (χ0) is 17.0. The van der Waals surface area contributed by atoms with Gasteiger partial charge in [0.1, 0.15) is 17.6 Å². The topological polar surface area (TPSA) is 108 Å². The third kappa shape index (κ3) is 4.53. The van der Waals surface area contributed by atoms with Crippen LogP contribution < -0.4 is 5.32 Å². The van der Waals surface area contributed by atoms with Crippen LogP contribution in [0.4, 0.5) is 11.4 Å². The molecule has 1 N–H and O–H groups in total. The third-order valence-corrected chi connectivity index (χ3v) is 2.74. The van der Waals surface area contributed by atoms with Crippen molar-refractivity contribution >= 4 is 17.3 Å². The lowest BCUT2D eigenvalue weighted by atomic mass is 10.1. The summed E-state index contributed by atoms with van der Waals surface area (Å²) in [5, 5.41) is 14.0. The highest BCUT2D eigenvalue weighted by atomic mass is 16.6. The highest BCUT2D eigenvalue weighted by Crippen LogP contribution is 2.27. The second kappa shape index (κ2) is 6.47. The number of carbonyl (C=O) groups excluding carboxylic acids is 1. The number of carbonyl (C=O) groups is 1. The van der Waals surface area contributed by atoms with Crippen molar-refractivity contribution in [3.63, 3.8) is 0 Å². The Balaban J connectivity index is 2.24. The van der Waals surface area contributed by atoms with E-state index >= 15 is 0 Å². The van der Waals surface area contributed by atoms with Crippen molar-refractivity contribution < 1.29 is 18.9 Å². The molecule has 0 aliphatic rings. The predicted octanol–water partition coefficient (Wildman–Crippen LogP) is 3.15. The normalized spacial score (nSPS) is 11.1. The van der Waals surface area contributed by atoms with Crippen molar-refractivity contribution in [2.45, 2.75) is 32.9 Å². The average Bonchev–Trinajstić information content (AvgIpc) is 2.96. The summed E-state index contributed by atoms with van der Waals surface area (Å²) in [7, 11) is 0. The molecule has 0 aliphatic carbocycles. The Labute approximate surface area is 132 Å². The van der Waals surface area contributed by atoms with Crippen LogP contribution in [0, 0.1) is 10.1 Å². The maximum absolute atomic E-state index is 12.1. The predicted molar refractivity (Wildman–Crippen MR) is 82.1 cm³/mol. The van der Waals surface area contributed by atoms with Gasteiger partial charge in [-0.05, 0) is 32.9 Å².